The Hall–Kier alpha value is -3.68. The Morgan fingerprint density at radius 1 is 1.03 bits per heavy atom. The molecule has 0 fully saturated rings. The molecule has 0 unspecified atom stereocenters. The first-order valence-electron chi connectivity index (χ1n) is 9.80. The van der Waals surface area contributed by atoms with Gasteiger partial charge >= 0.3 is 0 Å². The van der Waals surface area contributed by atoms with E-state index in [1.54, 1.807) is 4.52 Å². The third kappa shape index (κ3) is 3.52. The Balaban J connectivity index is 1.52. The van der Waals surface area contributed by atoms with Gasteiger partial charge in [-0.1, -0.05) is 18.2 Å². The Kier molecular flexibility index (Phi) is 4.99. The fourth-order valence-corrected chi connectivity index (χ4v) is 3.77. The average molecular weight is 404 g/mol. The van der Waals surface area contributed by atoms with E-state index < -0.39 is 0 Å². The highest BCUT2D eigenvalue weighted by Gasteiger charge is 2.16. The van der Waals surface area contributed by atoms with Crippen LogP contribution in [0.1, 0.15) is 33.9 Å². The van der Waals surface area contributed by atoms with Crippen LogP contribution >= 0.6 is 0 Å². The summed E-state index contributed by atoms with van der Waals surface area (Å²) in [4.78, 5) is 28.7. The number of aromatic nitrogens is 5. The van der Waals surface area contributed by atoms with E-state index in [-0.39, 0.29) is 17.9 Å². The lowest BCUT2D eigenvalue weighted by Crippen LogP contribution is -2.26. The van der Waals surface area contributed by atoms with E-state index in [1.807, 2.05) is 62.7 Å². The largest absolute Gasteiger partial charge is 0.352 e. The molecule has 0 saturated carbocycles. The molecule has 1 amide bonds. The molecule has 0 saturated heterocycles. The van der Waals surface area contributed by atoms with Crippen molar-refractivity contribution in [1.82, 2.24) is 29.7 Å². The Morgan fingerprint density at radius 2 is 1.77 bits per heavy atom. The molecule has 3 aromatic heterocycles. The molecule has 3 heterocycles. The summed E-state index contributed by atoms with van der Waals surface area (Å²) in [6.45, 7) is 8.08. The second-order valence-electron chi connectivity index (χ2n) is 7.43. The van der Waals surface area contributed by atoms with Gasteiger partial charge in [0.2, 0.25) is 5.91 Å². The molecule has 154 valence electrons. The second kappa shape index (κ2) is 7.62. The van der Waals surface area contributed by atoms with Gasteiger partial charge in [-0.3, -0.25) is 14.7 Å². The molecule has 0 bridgehead atoms. The summed E-state index contributed by atoms with van der Waals surface area (Å²) in [5, 5.41) is 10.3. The third-order valence-corrected chi connectivity index (χ3v) is 5.44. The number of benzene rings is 1. The normalized spacial score (nSPS) is 11.2. The van der Waals surface area contributed by atoms with Gasteiger partial charge in [-0.25, -0.2) is 14.2 Å². The first-order valence-corrected chi connectivity index (χ1v) is 9.80. The SMILES string of the molecule is Cc1nn(-c2ccccc2)c(C)c1CNC(=O)Cc1c(C)nc2cc(=O)[nH]n2c1C. The number of amides is 1. The maximum absolute atomic E-state index is 12.7. The maximum Gasteiger partial charge on any atom is 0.266 e. The summed E-state index contributed by atoms with van der Waals surface area (Å²) in [6.07, 6.45) is 0.186. The van der Waals surface area contributed by atoms with Gasteiger partial charge in [0.15, 0.2) is 5.65 Å². The molecular weight excluding hydrogens is 380 g/mol. The van der Waals surface area contributed by atoms with Crippen LogP contribution in [0.5, 0.6) is 0 Å². The van der Waals surface area contributed by atoms with E-state index in [1.165, 1.54) is 6.07 Å². The molecule has 0 radical (unpaired) electrons. The first kappa shape index (κ1) is 19.6. The number of hydrogen-bond donors (Lipinski definition) is 2. The van der Waals surface area contributed by atoms with Crippen molar-refractivity contribution >= 4 is 11.6 Å². The highest BCUT2D eigenvalue weighted by Crippen LogP contribution is 2.18. The quantitative estimate of drug-likeness (QED) is 0.533. The molecule has 2 N–H and O–H groups in total. The Morgan fingerprint density at radius 3 is 2.50 bits per heavy atom. The van der Waals surface area contributed by atoms with E-state index in [4.69, 9.17) is 0 Å². The summed E-state index contributed by atoms with van der Waals surface area (Å²) in [5.41, 5.74) is 6.57. The zero-order valence-electron chi connectivity index (χ0n) is 17.5. The number of nitrogens with one attached hydrogen (secondary N) is 2. The van der Waals surface area contributed by atoms with E-state index in [0.717, 1.165) is 39.6 Å². The van der Waals surface area contributed by atoms with E-state index in [9.17, 15) is 9.59 Å². The minimum Gasteiger partial charge on any atom is -0.352 e. The molecule has 0 aliphatic carbocycles. The molecule has 1 aromatic carbocycles. The van der Waals surface area contributed by atoms with Crippen LogP contribution < -0.4 is 10.9 Å². The number of rotatable bonds is 5. The summed E-state index contributed by atoms with van der Waals surface area (Å²) in [7, 11) is 0. The van der Waals surface area contributed by atoms with Crippen molar-refractivity contribution in [3.8, 4) is 5.69 Å². The van der Waals surface area contributed by atoms with Gasteiger partial charge in [0.25, 0.3) is 5.56 Å². The van der Waals surface area contributed by atoms with Crippen molar-refractivity contribution in [2.24, 2.45) is 0 Å². The monoisotopic (exact) mass is 404 g/mol. The van der Waals surface area contributed by atoms with Gasteiger partial charge in [0.1, 0.15) is 0 Å². The van der Waals surface area contributed by atoms with Gasteiger partial charge < -0.3 is 5.32 Å². The number of fused-ring (bicyclic) bond motifs is 1. The number of H-pyrrole nitrogens is 1. The van der Waals surface area contributed by atoms with Gasteiger partial charge in [-0.2, -0.15) is 5.10 Å². The predicted molar refractivity (Wildman–Crippen MR) is 114 cm³/mol. The fourth-order valence-electron chi connectivity index (χ4n) is 3.77. The number of aromatic amines is 1. The number of nitrogens with zero attached hydrogens (tertiary/aromatic N) is 4. The third-order valence-electron chi connectivity index (χ3n) is 5.44. The summed E-state index contributed by atoms with van der Waals surface area (Å²) < 4.78 is 3.52. The number of carbonyl (C=O) groups excluding carboxylic acids is 1. The van der Waals surface area contributed by atoms with Crippen molar-refractivity contribution in [3.05, 3.63) is 80.7 Å². The van der Waals surface area contributed by atoms with Crippen LogP contribution in [0.2, 0.25) is 0 Å². The number of carbonyl (C=O) groups is 1. The summed E-state index contributed by atoms with van der Waals surface area (Å²) in [5.74, 6) is -0.108. The van der Waals surface area contributed by atoms with Crippen LogP contribution in [0.15, 0.2) is 41.2 Å². The van der Waals surface area contributed by atoms with Gasteiger partial charge in [0.05, 0.1) is 17.8 Å². The minimum atomic E-state index is -0.215. The highest BCUT2D eigenvalue weighted by molar-refractivity contribution is 5.79. The molecule has 0 spiro atoms. The maximum atomic E-state index is 12.7. The van der Waals surface area contributed by atoms with Crippen molar-refractivity contribution in [1.29, 1.82) is 0 Å². The summed E-state index contributed by atoms with van der Waals surface area (Å²) in [6, 6.07) is 11.4. The van der Waals surface area contributed by atoms with Crippen molar-refractivity contribution < 1.29 is 4.79 Å². The molecule has 0 aliphatic rings. The van der Waals surface area contributed by atoms with Crippen LogP contribution in [-0.2, 0) is 17.8 Å². The lowest BCUT2D eigenvalue weighted by Gasteiger charge is -2.12. The number of hydrogen-bond acceptors (Lipinski definition) is 4. The minimum absolute atomic E-state index is 0.108. The Labute approximate surface area is 173 Å². The van der Waals surface area contributed by atoms with E-state index in [2.05, 4.69) is 20.5 Å². The van der Waals surface area contributed by atoms with Crippen LogP contribution in [0, 0.1) is 27.7 Å². The zero-order chi connectivity index (χ0) is 21.4. The van der Waals surface area contributed by atoms with Crippen molar-refractivity contribution in [2.75, 3.05) is 0 Å². The second-order valence-corrected chi connectivity index (χ2v) is 7.43. The van der Waals surface area contributed by atoms with Crippen LogP contribution in [0.3, 0.4) is 0 Å². The highest BCUT2D eigenvalue weighted by atomic mass is 16.1. The van der Waals surface area contributed by atoms with E-state index in [0.29, 0.717) is 12.2 Å². The van der Waals surface area contributed by atoms with Crippen LogP contribution in [-0.4, -0.2) is 30.3 Å². The molecule has 30 heavy (non-hydrogen) atoms. The molecule has 0 atom stereocenters. The molecule has 4 rings (SSSR count). The van der Waals surface area contributed by atoms with Crippen molar-refractivity contribution in [3.63, 3.8) is 0 Å². The van der Waals surface area contributed by atoms with Crippen LogP contribution in [0.4, 0.5) is 0 Å². The molecule has 8 heteroatoms. The smallest absolute Gasteiger partial charge is 0.266 e. The number of aryl methyl sites for hydroxylation is 3. The molecule has 0 aliphatic heterocycles. The topological polar surface area (TPSA) is 97.1 Å². The van der Waals surface area contributed by atoms with Crippen LogP contribution in [0.25, 0.3) is 11.3 Å². The lowest BCUT2D eigenvalue weighted by atomic mass is 10.1. The Bertz CT molecular complexity index is 1300. The standard InChI is InChI=1S/C22H24N6O2/c1-13-18(15(3)28-20(24-13)11-22(30)26-28)10-21(29)23-12-19-14(2)25-27(16(19)4)17-8-6-5-7-9-17/h5-9,11H,10,12H2,1-4H3,(H,23,29)(H,26,30). The van der Waals surface area contributed by atoms with Gasteiger partial charge in [-0.15, -0.1) is 0 Å². The van der Waals surface area contributed by atoms with E-state index >= 15 is 0 Å². The van der Waals surface area contributed by atoms with Gasteiger partial charge in [0, 0.05) is 40.8 Å². The number of para-hydroxylation sites is 1. The molecule has 8 nitrogen and oxygen atoms in total. The average Bonchev–Trinajstić information content (AvgIpc) is 3.23. The fraction of sp³-hybridized carbons (Fsp3) is 0.273. The molecular formula is C22H24N6O2. The predicted octanol–water partition coefficient (Wildman–Crippen LogP) is 2.30. The lowest BCUT2D eigenvalue weighted by molar-refractivity contribution is -0.120. The zero-order valence-corrected chi connectivity index (χ0v) is 17.5. The van der Waals surface area contributed by atoms with Crippen molar-refractivity contribution in [2.45, 2.75) is 40.7 Å². The van der Waals surface area contributed by atoms with Gasteiger partial charge in [-0.05, 0) is 39.8 Å². The molecule has 4 aromatic rings. The summed E-state index contributed by atoms with van der Waals surface area (Å²) >= 11 is 0. The first-order chi connectivity index (χ1) is 14.3.